The third kappa shape index (κ3) is 3.04. The molecule has 1 aromatic rings. The second-order valence-corrected chi connectivity index (χ2v) is 4.97. The van der Waals surface area contributed by atoms with E-state index in [0.717, 1.165) is 25.9 Å². The summed E-state index contributed by atoms with van der Waals surface area (Å²) in [7, 11) is 0. The van der Waals surface area contributed by atoms with Gasteiger partial charge in [0.05, 0.1) is 10.0 Å². The summed E-state index contributed by atoms with van der Waals surface area (Å²) in [6.45, 7) is 1.74. The molecule has 0 aromatic heterocycles. The Balaban J connectivity index is 2.06. The molecule has 1 heterocycles. The van der Waals surface area contributed by atoms with Crippen LogP contribution in [-0.2, 0) is 0 Å². The van der Waals surface area contributed by atoms with E-state index >= 15 is 0 Å². The molecule has 3 nitrogen and oxygen atoms in total. The maximum atomic E-state index is 13.7. The minimum atomic E-state index is -0.506. The lowest BCUT2D eigenvalue weighted by Crippen LogP contribution is -2.45. The standard InChI is InChI=1S/C12H14BrFN2O/c13-10-5-1-4-9(11(10)14)12(17)16-8-3-2-6-15-7-8/h1,4-5,8,15H,2-3,6-7H2,(H,16,17). The van der Waals surface area contributed by atoms with Gasteiger partial charge in [0.25, 0.3) is 5.91 Å². The molecule has 2 rings (SSSR count). The highest BCUT2D eigenvalue weighted by molar-refractivity contribution is 9.10. The van der Waals surface area contributed by atoms with Gasteiger partial charge in [-0.15, -0.1) is 0 Å². The minimum Gasteiger partial charge on any atom is -0.348 e. The molecule has 0 bridgehead atoms. The SMILES string of the molecule is O=C(NC1CCCNC1)c1cccc(Br)c1F. The van der Waals surface area contributed by atoms with Crippen LogP contribution in [0.3, 0.4) is 0 Å². The van der Waals surface area contributed by atoms with E-state index in [-0.39, 0.29) is 17.5 Å². The molecule has 1 saturated heterocycles. The van der Waals surface area contributed by atoms with Gasteiger partial charge >= 0.3 is 0 Å². The normalized spacial score (nSPS) is 20.0. The zero-order valence-corrected chi connectivity index (χ0v) is 10.9. The molecule has 1 aromatic carbocycles. The van der Waals surface area contributed by atoms with E-state index in [4.69, 9.17) is 0 Å². The van der Waals surface area contributed by atoms with E-state index < -0.39 is 5.82 Å². The number of amides is 1. The molecular weight excluding hydrogens is 287 g/mol. The molecule has 0 saturated carbocycles. The van der Waals surface area contributed by atoms with E-state index in [1.807, 2.05) is 0 Å². The van der Waals surface area contributed by atoms with Gasteiger partial charge in [-0.2, -0.15) is 0 Å². The third-order valence-corrected chi connectivity index (χ3v) is 3.44. The summed E-state index contributed by atoms with van der Waals surface area (Å²) in [6, 6.07) is 4.82. The highest BCUT2D eigenvalue weighted by Crippen LogP contribution is 2.18. The Labute approximate surface area is 108 Å². The van der Waals surface area contributed by atoms with E-state index in [0.29, 0.717) is 4.47 Å². The molecule has 5 heteroatoms. The monoisotopic (exact) mass is 300 g/mol. The van der Waals surface area contributed by atoms with Crippen molar-refractivity contribution in [2.24, 2.45) is 0 Å². The van der Waals surface area contributed by atoms with Crippen LogP contribution in [0.25, 0.3) is 0 Å². The zero-order chi connectivity index (χ0) is 12.3. The molecular formula is C12H14BrFN2O. The molecule has 1 fully saturated rings. The number of carbonyl (C=O) groups is 1. The molecule has 0 radical (unpaired) electrons. The number of piperidine rings is 1. The highest BCUT2D eigenvalue weighted by atomic mass is 79.9. The van der Waals surface area contributed by atoms with Gasteiger partial charge in [0, 0.05) is 12.6 Å². The van der Waals surface area contributed by atoms with Crippen molar-refractivity contribution in [3.05, 3.63) is 34.1 Å². The fourth-order valence-electron chi connectivity index (χ4n) is 1.92. The molecule has 1 aliphatic rings. The fourth-order valence-corrected chi connectivity index (χ4v) is 2.28. The van der Waals surface area contributed by atoms with Crippen LogP contribution in [0.4, 0.5) is 4.39 Å². The first-order valence-corrected chi connectivity index (χ1v) is 6.43. The molecule has 1 atom stereocenters. The van der Waals surface area contributed by atoms with Crippen LogP contribution in [-0.4, -0.2) is 25.0 Å². The highest BCUT2D eigenvalue weighted by Gasteiger charge is 2.19. The van der Waals surface area contributed by atoms with Crippen LogP contribution < -0.4 is 10.6 Å². The lowest BCUT2D eigenvalue weighted by molar-refractivity contribution is 0.0926. The summed E-state index contributed by atoms with van der Waals surface area (Å²) >= 11 is 3.07. The van der Waals surface area contributed by atoms with E-state index in [1.165, 1.54) is 6.07 Å². The van der Waals surface area contributed by atoms with Gasteiger partial charge in [0.1, 0.15) is 5.82 Å². The molecule has 92 valence electrons. The zero-order valence-electron chi connectivity index (χ0n) is 9.30. The van der Waals surface area contributed by atoms with Gasteiger partial charge in [-0.05, 0) is 47.4 Å². The van der Waals surface area contributed by atoms with Gasteiger partial charge in [-0.3, -0.25) is 4.79 Å². The van der Waals surface area contributed by atoms with Crippen LogP contribution in [0, 0.1) is 5.82 Å². The number of hydrogen-bond acceptors (Lipinski definition) is 2. The van der Waals surface area contributed by atoms with Crippen molar-refractivity contribution < 1.29 is 9.18 Å². The number of benzene rings is 1. The summed E-state index contributed by atoms with van der Waals surface area (Å²) in [5.41, 5.74) is 0.0879. The first-order chi connectivity index (χ1) is 8.18. The van der Waals surface area contributed by atoms with E-state index in [2.05, 4.69) is 26.6 Å². The predicted octanol–water partition coefficient (Wildman–Crippen LogP) is 2.07. The third-order valence-electron chi connectivity index (χ3n) is 2.83. The number of nitrogens with one attached hydrogen (secondary N) is 2. The molecule has 1 aliphatic heterocycles. The van der Waals surface area contributed by atoms with Gasteiger partial charge in [0.15, 0.2) is 0 Å². The molecule has 1 unspecified atom stereocenters. The number of hydrogen-bond donors (Lipinski definition) is 2. The number of halogens is 2. The molecule has 1 amide bonds. The maximum absolute atomic E-state index is 13.7. The summed E-state index contributed by atoms with van der Waals surface area (Å²) in [5.74, 6) is -0.855. The Morgan fingerprint density at radius 2 is 2.35 bits per heavy atom. The van der Waals surface area contributed by atoms with Gasteiger partial charge < -0.3 is 10.6 Å². The van der Waals surface area contributed by atoms with E-state index in [9.17, 15) is 9.18 Å². The van der Waals surface area contributed by atoms with Gasteiger partial charge in [-0.25, -0.2) is 4.39 Å². The van der Waals surface area contributed by atoms with Crippen LogP contribution >= 0.6 is 15.9 Å². The largest absolute Gasteiger partial charge is 0.348 e. The molecule has 17 heavy (non-hydrogen) atoms. The average Bonchev–Trinajstić information content (AvgIpc) is 2.34. The first-order valence-electron chi connectivity index (χ1n) is 5.64. The van der Waals surface area contributed by atoms with E-state index in [1.54, 1.807) is 12.1 Å². The van der Waals surface area contributed by atoms with Gasteiger partial charge in [0.2, 0.25) is 0 Å². The van der Waals surface area contributed by atoms with Crippen LogP contribution in [0.5, 0.6) is 0 Å². The second-order valence-electron chi connectivity index (χ2n) is 4.12. The van der Waals surface area contributed by atoms with Crippen molar-refractivity contribution in [2.45, 2.75) is 18.9 Å². The van der Waals surface area contributed by atoms with Crippen molar-refractivity contribution in [2.75, 3.05) is 13.1 Å². The fraction of sp³-hybridized carbons (Fsp3) is 0.417. The van der Waals surface area contributed by atoms with Crippen molar-refractivity contribution >= 4 is 21.8 Å². The van der Waals surface area contributed by atoms with Crippen molar-refractivity contribution in [3.8, 4) is 0 Å². The first kappa shape index (κ1) is 12.5. The Bertz CT molecular complexity index is 419. The second kappa shape index (κ2) is 5.60. The molecule has 0 aliphatic carbocycles. The van der Waals surface area contributed by atoms with Crippen LogP contribution in [0.2, 0.25) is 0 Å². The quantitative estimate of drug-likeness (QED) is 0.878. The summed E-state index contributed by atoms with van der Waals surface area (Å²) in [5, 5.41) is 6.04. The smallest absolute Gasteiger partial charge is 0.254 e. The number of rotatable bonds is 2. The summed E-state index contributed by atoms with van der Waals surface area (Å²) < 4.78 is 14.0. The Kier molecular flexibility index (Phi) is 4.12. The Hall–Kier alpha value is -0.940. The van der Waals surface area contributed by atoms with Gasteiger partial charge in [-0.1, -0.05) is 6.07 Å². The summed E-state index contributed by atoms with van der Waals surface area (Å²) in [6.07, 6.45) is 1.97. The number of carbonyl (C=O) groups excluding carboxylic acids is 1. The van der Waals surface area contributed by atoms with Crippen molar-refractivity contribution in [1.29, 1.82) is 0 Å². The van der Waals surface area contributed by atoms with Crippen molar-refractivity contribution in [3.63, 3.8) is 0 Å². The molecule has 2 N–H and O–H groups in total. The maximum Gasteiger partial charge on any atom is 0.254 e. The summed E-state index contributed by atoms with van der Waals surface area (Å²) in [4.78, 5) is 11.9. The lowest BCUT2D eigenvalue weighted by Gasteiger charge is -2.23. The average molecular weight is 301 g/mol. The van der Waals surface area contributed by atoms with Crippen molar-refractivity contribution in [1.82, 2.24) is 10.6 Å². The topological polar surface area (TPSA) is 41.1 Å². The Morgan fingerprint density at radius 3 is 3.06 bits per heavy atom. The minimum absolute atomic E-state index is 0.0879. The Morgan fingerprint density at radius 1 is 1.53 bits per heavy atom. The predicted molar refractivity (Wildman–Crippen MR) is 67.5 cm³/mol. The van der Waals surface area contributed by atoms with Crippen LogP contribution in [0.1, 0.15) is 23.2 Å². The van der Waals surface area contributed by atoms with Crippen LogP contribution in [0.15, 0.2) is 22.7 Å². The lowest BCUT2D eigenvalue weighted by atomic mass is 10.1. The molecule has 0 spiro atoms.